The van der Waals surface area contributed by atoms with Crippen molar-refractivity contribution in [2.45, 2.75) is 18.4 Å². The number of aromatic nitrogens is 1. The van der Waals surface area contributed by atoms with Gasteiger partial charge in [-0.25, -0.2) is 0 Å². The molecule has 3 nitrogen and oxygen atoms in total. The zero-order valence-electron chi connectivity index (χ0n) is 10.8. The van der Waals surface area contributed by atoms with E-state index in [1.54, 1.807) is 7.11 Å². The van der Waals surface area contributed by atoms with Gasteiger partial charge in [-0.05, 0) is 30.5 Å². The Morgan fingerprint density at radius 1 is 1.26 bits per heavy atom. The fraction of sp³-hybridized carbons (Fsp3) is 0.312. The Balaban J connectivity index is 1.87. The smallest absolute Gasteiger partial charge is 0.190 e. The number of benzene rings is 1. The molecule has 1 saturated carbocycles. The number of methoxy groups -OCH3 is 1. The third-order valence-electron chi connectivity index (χ3n) is 4.58. The van der Waals surface area contributed by atoms with E-state index >= 15 is 0 Å². The molecule has 0 N–H and O–H groups in total. The number of carbonyl (C=O) groups is 1. The monoisotopic (exact) mass is 253 g/mol. The predicted octanol–water partition coefficient (Wildman–Crippen LogP) is 2.65. The number of Topliss-reactive ketones (excluding diaryl/α,β-unsaturated/α-hetero) is 1. The molecule has 0 spiro atoms. The number of rotatable bonds is 2. The SMILES string of the molecule is COc1ccccc1C12CC1Cn1cccc1C2=O. The molecule has 0 bridgehead atoms. The van der Waals surface area contributed by atoms with Crippen LogP contribution in [0.4, 0.5) is 0 Å². The van der Waals surface area contributed by atoms with Gasteiger partial charge in [-0.3, -0.25) is 4.79 Å². The number of hydrogen-bond donors (Lipinski definition) is 0. The van der Waals surface area contributed by atoms with Crippen molar-refractivity contribution in [3.63, 3.8) is 0 Å². The fourth-order valence-electron chi connectivity index (χ4n) is 3.54. The van der Waals surface area contributed by atoms with Crippen LogP contribution in [0.15, 0.2) is 42.6 Å². The average Bonchev–Trinajstić information content (AvgIpc) is 2.99. The van der Waals surface area contributed by atoms with Crippen LogP contribution in [0.3, 0.4) is 0 Å². The van der Waals surface area contributed by atoms with Crippen LogP contribution < -0.4 is 4.74 Å². The summed E-state index contributed by atoms with van der Waals surface area (Å²) >= 11 is 0. The standard InChI is InChI=1S/C16H15NO2/c1-19-14-7-3-2-5-12(14)16-9-11(16)10-17-8-4-6-13(17)15(16)18/h2-8,11H,9-10H2,1H3. The predicted molar refractivity (Wildman–Crippen MR) is 71.5 cm³/mol. The number of carbonyl (C=O) groups excluding carboxylic acids is 1. The number of para-hydroxylation sites is 1. The molecule has 2 aromatic rings. The third-order valence-corrected chi connectivity index (χ3v) is 4.58. The average molecular weight is 253 g/mol. The van der Waals surface area contributed by atoms with Crippen LogP contribution in [-0.2, 0) is 12.0 Å². The van der Waals surface area contributed by atoms with Gasteiger partial charge in [0.15, 0.2) is 5.78 Å². The van der Waals surface area contributed by atoms with E-state index in [9.17, 15) is 4.79 Å². The lowest BCUT2D eigenvalue weighted by molar-refractivity contribution is 0.0909. The first-order chi connectivity index (χ1) is 9.27. The van der Waals surface area contributed by atoms with Gasteiger partial charge in [0.25, 0.3) is 0 Å². The number of hydrogen-bond acceptors (Lipinski definition) is 2. The van der Waals surface area contributed by atoms with Crippen LogP contribution in [0.25, 0.3) is 0 Å². The largest absolute Gasteiger partial charge is 0.496 e. The Hall–Kier alpha value is -2.03. The molecule has 1 fully saturated rings. The number of ketones is 1. The lowest BCUT2D eigenvalue weighted by Crippen LogP contribution is -2.31. The van der Waals surface area contributed by atoms with Crippen LogP contribution in [-0.4, -0.2) is 17.5 Å². The minimum Gasteiger partial charge on any atom is -0.496 e. The second kappa shape index (κ2) is 3.50. The highest BCUT2D eigenvalue weighted by molar-refractivity contribution is 6.07. The molecular weight excluding hydrogens is 238 g/mol. The first-order valence-corrected chi connectivity index (χ1v) is 6.61. The molecule has 0 radical (unpaired) electrons. The molecule has 0 amide bonds. The minimum atomic E-state index is -0.332. The van der Waals surface area contributed by atoms with Gasteiger partial charge in [-0.15, -0.1) is 0 Å². The molecule has 1 aliphatic heterocycles. The summed E-state index contributed by atoms with van der Waals surface area (Å²) in [7, 11) is 1.67. The molecule has 3 heteroatoms. The molecule has 19 heavy (non-hydrogen) atoms. The molecule has 0 saturated heterocycles. The van der Waals surface area contributed by atoms with Crippen molar-refractivity contribution < 1.29 is 9.53 Å². The maximum absolute atomic E-state index is 12.8. The van der Waals surface area contributed by atoms with E-state index in [4.69, 9.17) is 4.74 Å². The number of fused-ring (bicyclic) bond motifs is 2. The van der Waals surface area contributed by atoms with E-state index < -0.39 is 0 Å². The summed E-state index contributed by atoms with van der Waals surface area (Å²) in [4.78, 5) is 12.8. The van der Waals surface area contributed by atoms with Gasteiger partial charge in [0.1, 0.15) is 5.75 Å². The van der Waals surface area contributed by atoms with Gasteiger partial charge in [0.05, 0.1) is 18.2 Å². The van der Waals surface area contributed by atoms with E-state index in [1.807, 2.05) is 42.6 Å². The molecule has 2 atom stereocenters. The van der Waals surface area contributed by atoms with E-state index in [1.165, 1.54) is 0 Å². The van der Waals surface area contributed by atoms with Crippen molar-refractivity contribution >= 4 is 5.78 Å². The summed E-state index contributed by atoms with van der Waals surface area (Å²) in [5.74, 6) is 1.49. The van der Waals surface area contributed by atoms with Crippen LogP contribution in [0.1, 0.15) is 22.5 Å². The quantitative estimate of drug-likeness (QED) is 0.824. The molecule has 2 aliphatic rings. The third kappa shape index (κ3) is 1.25. The number of nitrogens with zero attached hydrogens (tertiary/aromatic N) is 1. The van der Waals surface area contributed by atoms with Crippen LogP contribution in [0.2, 0.25) is 0 Å². The summed E-state index contributed by atoms with van der Waals surface area (Å²) in [5, 5.41) is 0. The van der Waals surface area contributed by atoms with Crippen LogP contribution in [0.5, 0.6) is 5.75 Å². The lowest BCUT2D eigenvalue weighted by atomic mass is 9.85. The Morgan fingerprint density at radius 2 is 2.11 bits per heavy atom. The lowest BCUT2D eigenvalue weighted by Gasteiger charge is -2.24. The zero-order chi connectivity index (χ0) is 13.0. The Morgan fingerprint density at radius 3 is 2.95 bits per heavy atom. The highest BCUT2D eigenvalue weighted by Crippen LogP contribution is 2.60. The van der Waals surface area contributed by atoms with Crippen molar-refractivity contribution in [1.82, 2.24) is 4.57 Å². The highest BCUT2D eigenvalue weighted by Gasteiger charge is 2.64. The summed E-state index contributed by atoms with van der Waals surface area (Å²) in [6, 6.07) is 11.8. The molecule has 4 rings (SSSR count). The Bertz CT molecular complexity index is 673. The van der Waals surface area contributed by atoms with E-state index in [0.717, 1.165) is 30.0 Å². The summed E-state index contributed by atoms with van der Waals surface area (Å²) < 4.78 is 7.53. The fourth-order valence-corrected chi connectivity index (χ4v) is 3.54. The molecule has 1 aromatic heterocycles. The van der Waals surface area contributed by atoms with Gasteiger partial charge in [0, 0.05) is 18.3 Å². The van der Waals surface area contributed by atoms with Crippen molar-refractivity contribution in [3.8, 4) is 5.75 Å². The summed E-state index contributed by atoms with van der Waals surface area (Å²) in [6.07, 6.45) is 2.94. The topological polar surface area (TPSA) is 31.2 Å². The van der Waals surface area contributed by atoms with Gasteiger partial charge in [-0.1, -0.05) is 18.2 Å². The minimum absolute atomic E-state index is 0.248. The van der Waals surface area contributed by atoms with Crippen molar-refractivity contribution in [3.05, 3.63) is 53.9 Å². The van der Waals surface area contributed by atoms with Gasteiger partial charge >= 0.3 is 0 Å². The van der Waals surface area contributed by atoms with Crippen LogP contribution in [0, 0.1) is 5.92 Å². The van der Waals surface area contributed by atoms with Gasteiger partial charge < -0.3 is 9.30 Å². The second-order valence-electron chi connectivity index (χ2n) is 5.45. The maximum Gasteiger partial charge on any atom is 0.190 e. The van der Waals surface area contributed by atoms with Crippen molar-refractivity contribution in [2.75, 3.05) is 7.11 Å². The summed E-state index contributed by atoms with van der Waals surface area (Å²) in [5.41, 5.74) is 1.56. The van der Waals surface area contributed by atoms with Crippen LogP contribution >= 0.6 is 0 Å². The molecule has 96 valence electrons. The first-order valence-electron chi connectivity index (χ1n) is 6.61. The van der Waals surface area contributed by atoms with Crippen molar-refractivity contribution in [2.24, 2.45) is 5.92 Å². The molecule has 1 aliphatic carbocycles. The molecular formula is C16H15NO2. The van der Waals surface area contributed by atoms with Gasteiger partial charge in [0.2, 0.25) is 0 Å². The number of ether oxygens (including phenoxy) is 1. The van der Waals surface area contributed by atoms with Crippen molar-refractivity contribution in [1.29, 1.82) is 0 Å². The van der Waals surface area contributed by atoms with Gasteiger partial charge in [-0.2, -0.15) is 0 Å². The normalized spacial score (nSPS) is 27.6. The highest BCUT2D eigenvalue weighted by atomic mass is 16.5. The maximum atomic E-state index is 12.8. The van der Waals surface area contributed by atoms with E-state index in [-0.39, 0.29) is 11.2 Å². The molecule has 2 heterocycles. The van der Waals surface area contributed by atoms with E-state index in [0.29, 0.717) is 5.92 Å². The molecule has 1 aromatic carbocycles. The van der Waals surface area contributed by atoms with E-state index in [2.05, 4.69) is 4.57 Å². The Labute approximate surface area is 111 Å². The second-order valence-corrected chi connectivity index (χ2v) is 5.45. The first kappa shape index (κ1) is 10.9. The zero-order valence-corrected chi connectivity index (χ0v) is 10.8. The Kier molecular flexibility index (Phi) is 2.00. The molecule has 2 unspecified atom stereocenters. The summed E-state index contributed by atoms with van der Waals surface area (Å²) in [6.45, 7) is 0.937.